The zero-order valence-corrected chi connectivity index (χ0v) is 15.2. The number of ether oxygens (including phenoxy) is 1. The summed E-state index contributed by atoms with van der Waals surface area (Å²) in [4.78, 5) is 28.0. The Labute approximate surface area is 161 Å². The number of pyridine rings is 1. The molecule has 2 aromatic rings. The van der Waals surface area contributed by atoms with Crippen molar-refractivity contribution in [3.63, 3.8) is 0 Å². The van der Waals surface area contributed by atoms with Crippen LogP contribution in [0.25, 0.3) is 0 Å². The Kier molecular flexibility index (Phi) is 6.08. The molecule has 1 amide bonds. The lowest BCUT2D eigenvalue weighted by molar-refractivity contribution is -0.146. The second kappa shape index (κ2) is 8.68. The molecular formula is C20H19ClN2O4. The highest BCUT2D eigenvalue weighted by Gasteiger charge is 2.33. The fourth-order valence-electron chi connectivity index (χ4n) is 2.94. The van der Waals surface area contributed by atoms with Gasteiger partial charge in [-0.15, -0.1) is 0 Å². The number of nitrogens with zero attached hydrogens (tertiary/aromatic N) is 1. The number of rotatable bonds is 6. The van der Waals surface area contributed by atoms with Crippen LogP contribution in [0.1, 0.15) is 18.5 Å². The van der Waals surface area contributed by atoms with E-state index in [0.29, 0.717) is 29.3 Å². The molecule has 1 aliphatic rings. The Hall–Kier alpha value is -2.86. The van der Waals surface area contributed by atoms with Crippen molar-refractivity contribution < 1.29 is 19.4 Å². The molecule has 0 bridgehead atoms. The maximum absolute atomic E-state index is 12.5. The van der Waals surface area contributed by atoms with Crippen molar-refractivity contribution in [1.29, 1.82) is 0 Å². The van der Waals surface area contributed by atoms with Gasteiger partial charge in [0.2, 0.25) is 5.91 Å². The predicted octanol–water partition coefficient (Wildman–Crippen LogP) is 3.92. The molecule has 1 aromatic heterocycles. The van der Waals surface area contributed by atoms with Gasteiger partial charge >= 0.3 is 5.97 Å². The van der Waals surface area contributed by atoms with Gasteiger partial charge in [-0.2, -0.15) is 0 Å². The number of carboxylic acid groups (broad SMARTS) is 1. The summed E-state index contributed by atoms with van der Waals surface area (Å²) in [6.07, 6.45) is 6.08. The number of benzene rings is 1. The van der Waals surface area contributed by atoms with Crippen molar-refractivity contribution in [2.45, 2.75) is 19.4 Å². The topological polar surface area (TPSA) is 88.5 Å². The predicted molar refractivity (Wildman–Crippen MR) is 102 cm³/mol. The van der Waals surface area contributed by atoms with Gasteiger partial charge in [-0.1, -0.05) is 29.8 Å². The van der Waals surface area contributed by atoms with Crippen LogP contribution in [0.5, 0.6) is 5.75 Å². The highest BCUT2D eigenvalue weighted by Crippen LogP contribution is 2.30. The van der Waals surface area contributed by atoms with Gasteiger partial charge in [0.15, 0.2) is 0 Å². The van der Waals surface area contributed by atoms with Gasteiger partial charge in [0.05, 0.1) is 22.6 Å². The summed E-state index contributed by atoms with van der Waals surface area (Å²) in [5.41, 5.74) is 1.27. The molecule has 6 nitrogen and oxygen atoms in total. The van der Waals surface area contributed by atoms with E-state index in [1.165, 1.54) is 0 Å². The maximum atomic E-state index is 12.5. The van der Waals surface area contributed by atoms with E-state index in [4.69, 9.17) is 16.3 Å². The molecule has 2 atom stereocenters. The first-order valence-electron chi connectivity index (χ1n) is 8.55. The summed E-state index contributed by atoms with van der Waals surface area (Å²) in [5.74, 6) is -2.14. The van der Waals surface area contributed by atoms with E-state index < -0.39 is 17.8 Å². The number of hydrogen-bond acceptors (Lipinski definition) is 4. The van der Waals surface area contributed by atoms with Gasteiger partial charge < -0.3 is 15.2 Å². The second-order valence-electron chi connectivity index (χ2n) is 6.24. The molecule has 0 spiro atoms. The van der Waals surface area contributed by atoms with E-state index in [9.17, 15) is 14.7 Å². The lowest BCUT2D eigenvalue weighted by Crippen LogP contribution is -2.34. The Morgan fingerprint density at radius 2 is 1.96 bits per heavy atom. The van der Waals surface area contributed by atoms with Gasteiger partial charge in [0, 0.05) is 11.9 Å². The molecule has 0 fully saturated rings. The zero-order valence-electron chi connectivity index (χ0n) is 14.5. The third kappa shape index (κ3) is 4.86. The lowest BCUT2D eigenvalue weighted by atomic mass is 9.82. The monoisotopic (exact) mass is 386 g/mol. The average Bonchev–Trinajstić information content (AvgIpc) is 2.68. The summed E-state index contributed by atoms with van der Waals surface area (Å²) >= 11 is 6.24. The SMILES string of the molecule is O=C(Nc1ccc(OCc2ccccn2)c(Cl)c1)[C@H]1CC=CC[C@H]1C(=O)O. The van der Waals surface area contributed by atoms with E-state index in [-0.39, 0.29) is 12.5 Å². The third-order valence-corrected chi connectivity index (χ3v) is 4.68. The molecule has 0 saturated heterocycles. The van der Waals surface area contributed by atoms with Crippen LogP contribution in [0, 0.1) is 11.8 Å². The van der Waals surface area contributed by atoms with Crippen LogP contribution < -0.4 is 10.1 Å². The molecule has 27 heavy (non-hydrogen) atoms. The Morgan fingerprint density at radius 3 is 2.63 bits per heavy atom. The Balaban J connectivity index is 1.64. The van der Waals surface area contributed by atoms with Crippen molar-refractivity contribution >= 4 is 29.2 Å². The van der Waals surface area contributed by atoms with Crippen LogP contribution in [0.15, 0.2) is 54.7 Å². The van der Waals surface area contributed by atoms with Crippen molar-refractivity contribution in [2.75, 3.05) is 5.32 Å². The molecule has 0 unspecified atom stereocenters. The number of aliphatic carboxylic acids is 1. The first-order chi connectivity index (χ1) is 13.0. The number of anilines is 1. The van der Waals surface area contributed by atoms with Crippen LogP contribution >= 0.6 is 11.6 Å². The number of allylic oxidation sites excluding steroid dienone is 2. The van der Waals surface area contributed by atoms with E-state index in [1.54, 1.807) is 30.5 Å². The van der Waals surface area contributed by atoms with Crippen LogP contribution in [0.4, 0.5) is 5.69 Å². The second-order valence-corrected chi connectivity index (χ2v) is 6.65. The molecule has 7 heteroatoms. The first-order valence-corrected chi connectivity index (χ1v) is 8.93. The van der Waals surface area contributed by atoms with Gasteiger partial charge in [0.1, 0.15) is 12.4 Å². The molecule has 0 aliphatic heterocycles. The number of aromatic nitrogens is 1. The number of carbonyl (C=O) groups excluding carboxylic acids is 1. The third-order valence-electron chi connectivity index (χ3n) is 4.39. The van der Waals surface area contributed by atoms with Crippen LogP contribution in [0.2, 0.25) is 5.02 Å². The summed E-state index contributed by atoms with van der Waals surface area (Å²) in [6, 6.07) is 10.5. The summed E-state index contributed by atoms with van der Waals surface area (Å²) in [5, 5.41) is 12.4. The Morgan fingerprint density at radius 1 is 1.19 bits per heavy atom. The zero-order chi connectivity index (χ0) is 19.2. The Bertz CT molecular complexity index is 854. The standard InChI is InChI=1S/C20H19ClN2O4/c21-17-11-13(8-9-18(17)27-12-14-5-3-4-10-22-14)23-19(24)15-6-1-2-7-16(15)20(25)26/h1-5,8-11,15-16H,6-7,12H2,(H,23,24)(H,25,26)/t15-,16+/m0/s1. The molecule has 1 aliphatic carbocycles. The first kappa shape index (κ1) is 18.9. The molecule has 1 heterocycles. The molecule has 1 aromatic carbocycles. The average molecular weight is 387 g/mol. The largest absolute Gasteiger partial charge is 0.486 e. The minimum atomic E-state index is -0.962. The highest BCUT2D eigenvalue weighted by molar-refractivity contribution is 6.32. The fraction of sp³-hybridized carbons (Fsp3) is 0.250. The van der Waals surface area contributed by atoms with Crippen LogP contribution in [-0.2, 0) is 16.2 Å². The minimum Gasteiger partial charge on any atom is -0.486 e. The normalized spacial score (nSPS) is 18.7. The van der Waals surface area contributed by atoms with E-state index in [0.717, 1.165) is 5.69 Å². The fourth-order valence-corrected chi connectivity index (χ4v) is 3.18. The smallest absolute Gasteiger partial charge is 0.307 e. The van der Waals surface area contributed by atoms with Crippen molar-refractivity contribution in [2.24, 2.45) is 11.8 Å². The van der Waals surface area contributed by atoms with Crippen LogP contribution in [-0.4, -0.2) is 22.0 Å². The quantitative estimate of drug-likeness (QED) is 0.734. The molecule has 0 saturated carbocycles. The van der Waals surface area contributed by atoms with E-state index in [2.05, 4.69) is 10.3 Å². The van der Waals surface area contributed by atoms with Gasteiger partial charge in [-0.3, -0.25) is 14.6 Å². The number of halogens is 1. The van der Waals surface area contributed by atoms with Gasteiger partial charge in [0.25, 0.3) is 0 Å². The highest BCUT2D eigenvalue weighted by atomic mass is 35.5. The maximum Gasteiger partial charge on any atom is 0.307 e. The van der Waals surface area contributed by atoms with E-state index in [1.807, 2.05) is 24.3 Å². The minimum absolute atomic E-state index is 0.279. The summed E-state index contributed by atoms with van der Waals surface area (Å²) in [7, 11) is 0. The molecule has 0 radical (unpaired) electrons. The number of amides is 1. The van der Waals surface area contributed by atoms with Gasteiger partial charge in [-0.05, 0) is 43.2 Å². The number of carbonyl (C=O) groups is 2. The molecular weight excluding hydrogens is 368 g/mol. The number of hydrogen-bond donors (Lipinski definition) is 2. The summed E-state index contributed by atoms with van der Waals surface area (Å²) < 4.78 is 5.65. The lowest BCUT2D eigenvalue weighted by Gasteiger charge is -2.24. The number of nitrogens with one attached hydrogen (secondary N) is 1. The molecule has 140 valence electrons. The van der Waals surface area contributed by atoms with Gasteiger partial charge in [-0.25, -0.2) is 0 Å². The van der Waals surface area contributed by atoms with E-state index >= 15 is 0 Å². The van der Waals surface area contributed by atoms with Crippen molar-refractivity contribution in [3.05, 3.63) is 65.5 Å². The van der Waals surface area contributed by atoms with Crippen molar-refractivity contribution in [3.8, 4) is 5.75 Å². The molecule has 3 rings (SSSR count). The van der Waals surface area contributed by atoms with Crippen LogP contribution in [0.3, 0.4) is 0 Å². The number of carboxylic acids is 1. The summed E-state index contributed by atoms with van der Waals surface area (Å²) in [6.45, 7) is 0.279. The molecule has 2 N–H and O–H groups in total. The van der Waals surface area contributed by atoms with Crippen molar-refractivity contribution in [1.82, 2.24) is 4.98 Å².